The van der Waals surface area contributed by atoms with Gasteiger partial charge in [0.2, 0.25) is 10.0 Å². The van der Waals surface area contributed by atoms with E-state index in [1.54, 1.807) is 12.1 Å². The van der Waals surface area contributed by atoms with Crippen molar-refractivity contribution < 1.29 is 8.42 Å². The second kappa shape index (κ2) is 5.78. The third-order valence-corrected chi connectivity index (χ3v) is 5.71. The van der Waals surface area contributed by atoms with Crippen LogP contribution < -0.4 is 10.5 Å². The van der Waals surface area contributed by atoms with Crippen LogP contribution in [0.25, 0.3) is 0 Å². The fraction of sp³-hybridized carbons (Fsp3) is 0.500. The number of likely N-dealkylation sites (tertiary alicyclic amines) is 1. The molecule has 0 aromatic heterocycles. The van der Waals surface area contributed by atoms with Crippen molar-refractivity contribution in [2.24, 2.45) is 5.92 Å². The number of hydrogen-bond donors (Lipinski definition) is 2. The number of halogens is 1. The van der Waals surface area contributed by atoms with Crippen LogP contribution in [0.4, 0.5) is 5.69 Å². The molecule has 106 valence electrons. The molecule has 0 aliphatic carbocycles. The van der Waals surface area contributed by atoms with Crippen LogP contribution in [0, 0.1) is 5.92 Å². The summed E-state index contributed by atoms with van der Waals surface area (Å²) in [6, 6.07) is 4.77. The van der Waals surface area contributed by atoms with Crippen molar-refractivity contribution >= 4 is 31.6 Å². The van der Waals surface area contributed by atoms with Gasteiger partial charge in [-0.25, -0.2) is 13.1 Å². The van der Waals surface area contributed by atoms with Gasteiger partial charge in [0.05, 0.1) is 4.90 Å². The van der Waals surface area contributed by atoms with Crippen LogP contribution in [-0.2, 0) is 10.0 Å². The second-order valence-electron chi connectivity index (χ2n) is 4.96. The summed E-state index contributed by atoms with van der Waals surface area (Å²) in [6.45, 7) is 2.42. The predicted octanol–water partition coefficient (Wildman–Crippen LogP) is 1.26. The van der Waals surface area contributed by atoms with E-state index >= 15 is 0 Å². The van der Waals surface area contributed by atoms with Crippen molar-refractivity contribution in [2.75, 3.05) is 32.4 Å². The molecule has 2 rings (SSSR count). The number of nitrogens with two attached hydrogens (primary N) is 1. The number of anilines is 1. The topological polar surface area (TPSA) is 75.4 Å². The lowest BCUT2D eigenvalue weighted by molar-refractivity contribution is 0.394. The third-order valence-electron chi connectivity index (χ3n) is 3.30. The highest BCUT2D eigenvalue weighted by Gasteiger charge is 2.23. The van der Waals surface area contributed by atoms with Crippen molar-refractivity contribution in [3.63, 3.8) is 0 Å². The van der Waals surface area contributed by atoms with E-state index in [9.17, 15) is 8.42 Å². The van der Waals surface area contributed by atoms with Crippen LogP contribution in [0.5, 0.6) is 0 Å². The molecule has 1 aromatic rings. The van der Waals surface area contributed by atoms with Crippen LogP contribution >= 0.6 is 15.9 Å². The minimum Gasteiger partial charge on any atom is -0.399 e. The molecule has 1 fully saturated rings. The molecule has 3 N–H and O–H groups in total. The van der Waals surface area contributed by atoms with Crippen LogP contribution in [-0.4, -0.2) is 40.0 Å². The Morgan fingerprint density at radius 1 is 1.53 bits per heavy atom. The molecule has 0 spiro atoms. The smallest absolute Gasteiger partial charge is 0.241 e. The molecule has 7 heteroatoms. The molecule has 5 nitrogen and oxygen atoms in total. The Bertz CT molecular complexity index is 562. The highest BCUT2D eigenvalue weighted by atomic mass is 79.9. The van der Waals surface area contributed by atoms with Gasteiger partial charge in [-0.05, 0) is 60.1 Å². The van der Waals surface area contributed by atoms with Crippen LogP contribution in [0.2, 0.25) is 0 Å². The first-order valence-electron chi connectivity index (χ1n) is 6.12. The number of hydrogen-bond acceptors (Lipinski definition) is 4. The fourth-order valence-electron chi connectivity index (χ4n) is 2.22. The Kier molecular flexibility index (Phi) is 4.50. The fourth-order valence-corrected chi connectivity index (χ4v) is 4.34. The summed E-state index contributed by atoms with van der Waals surface area (Å²) in [5.41, 5.74) is 6.08. The lowest BCUT2D eigenvalue weighted by Gasteiger charge is -2.13. The maximum absolute atomic E-state index is 12.2. The van der Waals surface area contributed by atoms with Gasteiger partial charge >= 0.3 is 0 Å². The molecule has 0 bridgehead atoms. The number of nitrogen functional groups attached to an aromatic ring is 1. The van der Waals surface area contributed by atoms with Gasteiger partial charge in [0.1, 0.15) is 0 Å². The van der Waals surface area contributed by atoms with E-state index in [1.165, 1.54) is 6.07 Å². The van der Waals surface area contributed by atoms with Gasteiger partial charge < -0.3 is 10.6 Å². The average Bonchev–Trinajstić information content (AvgIpc) is 2.76. The second-order valence-corrected chi connectivity index (χ2v) is 7.55. The molecule has 1 heterocycles. The number of rotatable bonds is 4. The van der Waals surface area contributed by atoms with E-state index in [0.717, 1.165) is 19.5 Å². The molecule has 0 amide bonds. The van der Waals surface area contributed by atoms with E-state index in [4.69, 9.17) is 5.73 Å². The minimum atomic E-state index is -3.51. The molecule has 1 aliphatic rings. The Hall–Kier alpha value is -0.630. The summed E-state index contributed by atoms with van der Waals surface area (Å²) in [4.78, 5) is 2.40. The zero-order chi connectivity index (χ0) is 14.0. The Labute approximate surface area is 122 Å². The molecule has 1 aliphatic heterocycles. The van der Waals surface area contributed by atoms with Gasteiger partial charge in [-0.15, -0.1) is 0 Å². The quantitative estimate of drug-likeness (QED) is 0.804. The highest BCUT2D eigenvalue weighted by Crippen LogP contribution is 2.24. The van der Waals surface area contributed by atoms with Gasteiger partial charge in [0.25, 0.3) is 0 Å². The largest absolute Gasteiger partial charge is 0.399 e. The summed E-state index contributed by atoms with van der Waals surface area (Å²) in [6.07, 6.45) is 1.02. The van der Waals surface area contributed by atoms with E-state index in [-0.39, 0.29) is 4.90 Å². The van der Waals surface area contributed by atoms with Crippen molar-refractivity contribution in [3.05, 3.63) is 22.7 Å². The standard InChI is InChI=1S/C12H18BrN3O2S/c1-16-5-4-9(8-16)7-15-19(17,18)12-6-10(14)2-3-11(12)13/h2-3,6,9,15H,4-5,7-8,14H2,1H3. The monoisotopic (exact) mass is 347 g/mol. The first-order chi connectivity index (χ1) is 8.88. The molecule has 1 aromatic carbocycles. The van der Waals surface area contributed by atoms with Crippen molar-refractivity contribution in [3.8, 4) is 0 Å². The molecular weight excluding hydrogens is 330 g/mol. The molecule has 1 atom stereocenters. The number of benzene rings is 1. The zero-order valence-corrected chi connectivity index (χ0v) is 13.2. The van der Waals surface area contributed by atoms with Gasteiger partial charge in [-0.1, -0.05) is 0 Å². The van der Waals surface area contributed by atoms with E-state index in [0.29, 0.717) is 22.6 Å². The Morgan fingerprint density at radius 2 is 2.26 bits per heavy atom. The number of nitrogens with zero attached hydrogens (tertiary/aromatic N) is 1. The van der Waals surface area contributed by atoms with E-state index < -0.39 is 10.0 Å². The number of nitrogens with one attached hydrogen (secondary N) is 1. The third kappa shape index (κ3) is 3.68. The molecule has 1 saturated heterocycles. The Balaban J connectivity index is 2.08. The lowest BCUT2D eigenvalue weighted by atomic mass is 10.1. The van der Waals surface area contributed by atoms with Crippen molar-refractivity contribution in [1.29, 1.82) is 0 Å². The van der Waals surface area contributed by atoms with E-state index in [1.807, 2.05) is 7.05 Å². The summed E-state index contributed by atoms with van der Waals surface area (Å²) in [7, 11) is -1.47. The van der Waals surface area contributed by atoms with Crippen LogP contribution in [0.3, 0.4) is 0 Å². The summed E-state index contributed by atoms with van der Waals surface area (Å²) >= 11 is 3.25. The first-order valence-corrected chi connectivity index (χ1v) is 8.39. The molecular formula is C12H18BrN3O2S. The highest BCUT2D eigenvalue weighted by molar-refractivity contribution is 9.10. The Morgan fingerprint density at radius 3 is 2.89 bits per heavy atom. The van der Waals surface area contributed by atoms with Gasteiger partial charge in [0, 0.05) is 23.2 Å². The van der Waals surface area contributed by atoms with Crippen LogP contribution in [0.15, 0.2) is 27.6 Å². The molecule has 19 heavy (non-hydrogen) atoms. The van der Waals surface area contributed by atoms with Crippen molar-refractivity contribution in [1.82, 2.24) is 9.62 Å². The van der Waals surface area contributed by atoms with E-state index in [2.05, 4.69) is 25.6 Å². The summed E-state index contributed by atoms with van der Waals surface area (Å²) < 4.78 is 27.7. The SMILES string of the molecule is CN1CCC(CNS(=O)(=O)c2cc(N)ccc2Br)C1. The predicted molar refractivity (Wildman–Crippen MR) is 79.3 cm³/mol. The molecule has 1 unspecified atom stereocenters. The van der Waals surface area contributed by atoms with Gasteiger partial charge in [-0.2, -0.15) is 0 Å². The summed E-state index contributed by atoms with van der Waals surface area (Å²) in [5.74, 6) is 0.375. The number of sulfonamides is 1. The maximum Gasteiger partial charge on any atom is 0.241 e. The van der Waals surface area contributed by atoms with Gasteiger partial charge in [-0.3, -0.25) is 0 Å². The molecule has 0 radical (unpaired) electrons. The first kappa shape index (κ1) is 14.8. The zero-order valence-electron chi connectivity index (χ0n) is 10.8. The maximum atomic E-state index is 12.2. The minimum absolute atomic E-state index is 0.193. The normalized spacial score (nSPS) is 20.8. The molecule has 0 saturated carbocycles. The lowest BCUT2D eigenvalue weighted by Crippen LogP contribution is -2.30. The van der Waals surface area contributed by atoms with Gasteiger partial charge in [0.15, 0.2) is 0 Å². The summed E-state index contributed by atoms with van der Waals surface area (Å²) in [5, 5.41) is 0. The average molecular weight is 348 g/mol. The van der Waals surface area contributed by atoms with Crippen LogP contribution in [0.1, 0.15) is 6.42 Å². The van der Waals surface area contributed by atoms with Crippen molar-refractivity contribution in [2.45, 2.75) is 11.3 Å².